The summed E-state index contributed by atoms with van der Waals surface area (Å²) in [5.41, 5.74) is 2.70. The zero-order valence-electron chi connectivity index (χ0n) is 15.2. The van der Waals surface area contributed by atoms with E-state index in [4.69, 9.17) is 4.52 Å². The molecule has 7 nitrogen and oxygen atoms in total. The first-order chi connectivity index (χ1) is 13.1. The topological polar surface area (TPSA) is 88.3 Å². The second-order valence-electron chi connectivity index (χ2n) is 6.66. The Balaban J connectivity index is 1.79. The molecule has 1 saturated heterocycles. The van der Waals surface area contributed by atoms with Crippen molar-refractivity contribution in [1.29, 1.82) is 0 Å². The molecular weight excluding hydrogens is 344 g/mol. The lowest BCUT2D eigenvalue weighted by atomic mass is 10.0. The smallest absolute Gasteiger partial charge is 0.259 e. The number of hydrogen-bond acceptors (Lipinski definition) is 5. The molecule has 1 aliphatic rings. The highest BCUT2D eigenvalue weighted by molar-refractivity contribution is 6.06. The maximum absolute atomic E-state index is 13.0. The van der Waals surface area contributed by atoms with Crippen molar-refractivity contribution < 1.29 is 14.1 Å². The van der Waals surface area contributed by atoms with E-state index in [0.717, 1.165) is 12.8 Å². The molecule has 1 unspecified atom stereocenters. The Kier molecular flexibility index (Phi) is 4.35. The molecule has 1 aromatic carbocycles. The second-order valence-corrected chi connectivity index (χ2v) is 6.66. The van der Waals surface area contributed by atoms with Crippen LogP contribution in [0.25, 0.3) is 11.1 Å². The number of pyridine rings is 1. The Labute approximate surface area is 156 Å². The van der Waals surface area contributed by atoms with Gasteiger partial charge in [0, 0.05) is 24.8 Å². The van der Waals surface area contributed by atoms with Crippen LogP contribution in [0, 0.1) is 6.92 Å². The zero-order valence-corrected chi connectivity index (χ0v) is 15.2. The van der Waals surface area contributed by atoms with E-state index in [1.54, 1.807) is 37.1 Å². The standard InChI is InChI=1S/C20H20N4O3/c1-12-11-14(18(25)21-2)16-17(23-27-19(16)22-12)15-9-6-10-24(15)20(26)13-7-4-3-5-8-13/h3-5,7-8,11,15H,6,9-10H2,1-2H3,(H,21,25). The van der Waals surface area contributed by atoms with Gasteiger partial charge in [0.15, 0.2) is 0 Å². The number of benzene rings is 1. The van der Waals surface area contributed by atoms with Crippen LogP contribution in [-0.4, -0.2) is 40.4 Å². The fourth-order valence-corrected chi connectivity index (χ4v) is 3.68. The Bertz CT molecular complexity index is 1010. The molecule has 27 heavy (non-hydrogen) atoms. The number of amides is 2. The highest BCUT2D eigenvalue weighted by Gasteiger charge is 2.35. The van der Waals surface area contributed by atoms with Crippen molar-refractivity contribution in [2.45, 2.75) is 25.8 Å². The lowest BCUT2D eigenvalue weighted by Crippen LogP contribution is -2.31. The molecule has 2 amide bonds. The van der Waals surface area contributed by atoms with Crippen molar-refractivity contribution in [3.05, 3.63) is 58.9 Å². The number of hydrogen-bond donors (Lipinski definition) is 1. The van der Waals surface area contributed by atoms with Gasteiger partial charge in [-0.05, 0) is 38.0 Å². The van der Waals surface area contributed by atoms with Crippen LogP contribution in [0.4, 0.5) is 0 Å². The highest BCUT2D eigenvalue weighted by Crippen LogP contribution is 2.37. The number of aromatic nitrogens is 2. The van der Waals surface area contributed by atoms with Gasteiger partial charge in [0.1, 0.15) is 5.69 Å². The van der Waals surface area contributed by atoms with Crippen molar-refractivity contribution in [1.82, 2.24) is 20.4 Å². The summed E-state index contributed by atoms with van der Waals surface area (Å²) in [5, 5.41) is 7.44. The van der Waals surface area contributed by atoms with Crippen molar-refractivity contribution in [3.63, 3.8) is 0 Å². The van der Waals surface area contributed by atoms with E-state index >= 15 is 0 Å². The van der Waals surface area contributed by atoms with Gasteiger partial charge in [0.2, 0.25) is 0 Å². The minimum absolute atomic E-state index is 0.0455. The summed E-state index contributed by atoms with van der Waals surface area (Å²) >= 11 is 0. The van der Waals surface area contributed by atoms with Crippen LogP contribution < -0.4 is 5.32 Å². The normalized spacial score (nSPS) is 16.7. The van der Waals surface area contributed by atoms with Crippen molar-refractivity contribution in [2.24, 2.45) is 0 Å². The molecule has 0 saturated carbocycles. The van der Waals surface area contributed by atoms with Gasteiger partial charge >= 0.3 is 0 Å². The lowest BCUT2D eigenvalue weighted by molar-refractivity contribution is 0.0731. The van der Waals surface area contributed by atoms with Gasteiger partial charge in [-0.15, -0.1) is 0 Å². The summed E-state index contributed by atoms with van der Waals surface area (Å²) in [5.74, 6) is -0.273. The number of rotatable bonds is 3. The summed E-state index contributed by atoms with van der Waals surface area (Å²) in [4.78, 5) is 31.5. The van der Waals surface area contributed by atoms with Crippen LogP contribution in [0.5, 0.6) is 0 Å². The summed E-state index contributed by atoms with van der Waals surface area (Å²) < 4.78 is 5.43. The van der Waals surface area contributed by atoms with Crippen LogP contribution in [0.3, 0.4) is 0 Å². The predicted octanol–water partition coefficient (Wildman–Crippen LogP) is 2.87. The number of carbonyl (C=O) groups excluding carboxylic acids is 2. The average molecular weight is 364 g/mol. The SMILES string of the molecule is CNC(=O)c1cc(C)nc2onc(C3CCCN3C(=O)c3ccccc3)c12. The zero-order chi connectivity index (χ0) is 19.0. The molecule has 1 atom stereocenters. The van der Waals surface area contributed by atoms with E-state index in [1.807, 2.05) is 18.2 Å². The van der Waals surface area contributed by atoms with Gasteiger partial charge in [0.05, 0.1) is 17.0 Å². The van der Waals surface area contributed by atoms with Crippen LogP contribution in [0.2, 0.25) is 0 Å². The Morgan fingerprint density at radius 3 is 2.78 bits per heavy atom. The monoisotopic (exact) mass is 364 g/mol. The Hall–Kier alpha value is -3.22. The van der Waals surface area contributed by atoms with Crippen LogP contribution in [0.15, 0.2) is 40.9 Å². The minimum Gasteiger partial charge on any atom is -0.355 e. The van der Waals surface area contributed by atoms with Gasteiger partial charge < -0.3 is 14.7 Å². The van der Waals surface area contributed by atoms with Gasteiger partial charge in [-0.3, -0.25) is 9.59 Å². The molecule has 4 rings (SSSR count). The quantitative estimate of drug-likeness (QED) is 0.772. The molecular formula is C20H20N4O3. The Morgan fingerprint density at radius 2 is 2.04 bits per heavy atom. The molecule has 1 aliphatic heterocycles. The summed E-state index contributed by atoms with van der Waals surface area (Å²) in [6, 6.07) is 10.7. The highest BCUT2D eigenvalue weighted by atomic mass is 16.5. The summed E-state index contributed by atoms with van der Waals surface area (Å²) in [7, 11) is 1.58. The van der Waals surface area contributed by atoms with E-state index in [0.29, 0.717) is 40.2 Å². The molecule has 138 valence electrons. The molecule has 1 N–H and O–H groups in total. The van der Waals surface area contributed by atoms with E-state index in [1.165, 1.54) is 0 Å². The van der Waals surface area contributed by atoms with Crippen molar-refractivity contribution in [3.8, 4) is 0 Å². The maximum atomic E-state index is 13.0. The number of nitrogens with one attached hydrogen (secondary N) is 1. The summed E-state index contributed by atoms with van der Waals surface area (Å²) in [6.07, 6.45) is 1.63. The first-order valence-electron chi connectivity index (χ1n) is 8.95. The molecule has 0 aliphatic carbocycles. The second kappa shape index (κ2) is 6.83. The van der Waals surface area contributed by atoms with Crippen LogP contribution in [0.1, 0.15) is 51.0 Å². The van der Waals surface area contributed by atoms with Gasteiger partial charge in [-0.1, -0.05) is 23.4 Å². The molecule has 3 heterocycles. The van der Waals surface area contributed by atoms with E-state index in [-0.39, 0.29) is 17.9 Å². The van der Waals surface area contributed by atoms with Crippen LogP contribution in [-0.2, 0) is 0 Å². The molecule has 0 bridgehead atoms. The van der Waals surface area contributed by atoms with Gasteiger partial charge in [-0.2, -0.15) is 0 Å². The van der Waals surface area contributed by atoms with Crippen molar-refractivity contribution >= 4 is 22.9 Å². The number of likely N-dealkylation sites (tertiary alicyclic amines) is 1. The minimum atomic E-state index is -0.244. The first-order valence-corrected chi connectivity index (χ1v) is 8.95. The van der Waals surface area contributed by atoms with Crippen molar-refractivity contribution in [2.75, 3.05) is 13.6 Å². The van der Waals surface area contributed by atoms with E-state index < -0.39 is 0 Å². The average Bonchev–Trinajstić information content (AvgIpc) is 3.33. The molecule has 1 fully saturated rings. The predicted molar refractivity (Wildman–Crippen MR) is 99.4 cm³/mol. The summed E-state index contributed by atoms with van der Waals surface area (Å²) in [6.45, 7) is 2.44. The molecule has 0 radical (unpaired) electrons. The molecule has 0 spiro atoms. The Morgan fingerprint density at radius 1 is 1.26 bits per heavy atom. The number of fused-ring (bicyclic) bond motifs is 1. The first kappa shape index (κ1) is 17.2. The molecule has 7 heteroatoms. The fraction of sp³-hybridized carbons (Fsp3) is 0.300. The third kappa shape index (κ3) is 2.95. The third-order valence-electron chi connectivity index (χ3n) is 4.92. The number of carbonyl (C=O) groups is 2. The van der Waals surface area contributed by atoms with Gasteiger partial charge in [-0.25, -0.2) is 4.98 Å². The molecule has 3 aromatic rings. The number of aryl methyl sites for hydroxylation is 1. The maximum Gasteiger partial charge on any atom is 0.259 e. The van der Waals surface area contributed by atoms with E-state index in [9.17, 15) is 9.59 Å². The third-order valence-corrected chi connectivity index (χ3v) is 4.92. The number of nitrogens with zero attached hydrogens (tertiary/aromatic N) is 3. The fourth-order valence-electron chi connectivity index (χ4n) is 3.68. The molecule has 2 aromatic heterocycles. The van der Waals surface area contributed by atoms with Gasteiger partial charge in [0.25, 0.3) is 17.5 Å². The lowest BCUT2D eigenvalue weighted by Gasteiger charge is -2.23. The van der Waals surface area contributed by atoms with Crippen LogP contribution >= 0.6 is 0 Å². The largest absolute Gasteiger partial charge is 0.355 e. The van der Waals surface area contributed by atoms with E-state index in [2.05, 4.69) is 15.5 Å².